The Kier molecular flexibility index (Phi) is 0.452. The monoisotopic (exact) mass is 205 g/mol. The Hall–Kier alpha value is -0.300. The van der Waals surface area contributed by atoms with Gasteiger partial charge in [0.05, 0.1) is 5.48 Å². The van der Waals surface area contributed by atoms with E-state index in [1.165, 1.54) is 0 Å². The lowest BCUT2D eigenvalue weighted by atomic mass is 10.1. The van der Waals surface area contributed by atoms with Crippen molar-refractivity contribution in [2.24, 2.45) is 0 Å². The van der Waals surface area contributed by atoms with Crippen LogP contribution in [0.5, 0.6) is 0 Å². The van der Waals surface area contributed by atoms with Gasteiger partial charge in [0.1, 0.15) is 0 Å². The summed E-state index contributed by atoms with van der Waals surface area (Å²) in [5.74, 6) is -2.43. The minimum absolute atomic E-state index is 0.0865. The zero-order chi connectivity index (χ0) is 15.0. The number of benzene rings is 1. The maximum Gasteiger partial charge on any atom is 0.0635 e. The molecule has 1 fully saturated rings. The van der Waals surface area contributed by atoms with Gasteiger partial charge < -0.3 is 0 Å². The Morgan fingerprint density at radius 3 is 2.60 bits per heavy atom. The molecule has 0 spiro atoms. The molecule has 0 atom stereocenters. The van der Waals surface area contributed by atoms with Crippen LogP contribution in [0.25, 0.3) is 0 Å². The topological polar surface area (TPSA) is 0 Å². The number of rotatable bonds is 1. The lowest BCUT2D eigenvalue weighted by Gasteiger charge is -1.95. The van der Waals surface area contributed by atoms with Crippen LogP contribution in [0.3, 0.4) is 0 Å². The van der Waals surface area contributed by atoms with Gasteiger partial charge in [-0.2, -0.15) is 0 Å². The van der Waals surface area contributed by atoms with Gasteiger partial charge in [0.15, 0.2) is 0 Å². The highest BCUT2D eigenvalue weighted by atomic mass is 79.9. The van der Waals surface area contributed by atoms with Gasteiger partial charge in [-0.25, -0.2) is 0 Å². The highest BCUT2D eigenvalue weighted by Gasteiger charge is 2.22. The number of halogens is 1. The summed E-state index contributed by atoms with van der Waals surface area (Å²) in [5, 5.41) is 0. The first-order chi connectivity index (χ1) is 8.43. The minimum atomic E-state index is -2.56. The quantitative estimate of drug-likeness (QED) is 0.661. The molecule has 0 unspecified atom stereocenters. The molecule has 2 rings (SSSR count). The van der Waals surface area contributed by atoms with Crippen LogP contribution in [0.15, 0.2) is 28.6 Å². The molecule has 0 bridgehead atoms. The van der Waals surface area contributed by atoms with Gasteiger partial charge in [-0.15, -0.1) is 0 Å². The van der Waals surface area contributed by atoms with E-state index in [4.69, 9.17) is 12.3 Å². The molecule has 1 heteroatoms. The largest absolute Gasteiger partial charge is 0.0635 e. The summed E-state index contributed by atoms with van der Waals surface area (Å²) in [6.45, 7) is 0. The Morgan fingerprint density at radius 2 is 2.10 bits per heavy atom. The molecule has 0 nitrogen and oxygen atoms in total. The van der Waals surface area contributed by atoms with E-state index in [0.29, 0.717) is 0 Å². The van der Waals surface area contributed by atoms with Crippen molar-refractivity contribution < 1.29 is 12.3 Å². The fourth-order valence-corrected chi connectivity index (χ4v) is 0.777. The summed E-state index contributed by atoms with van der Waals surface area (Å²) in [4.78, 5) is 0. The second kappa shape index (κ2) is 2.39. The van der Waals surface area contributed by atoms with Crippen molar-refractivity contribution in [2.45, 2.75) is 18.6 Å². The highest BCUT2D eigenvalue weighted by Crippen LogP contribution is 2.40. The molecule has 0 amide bonds. The van der Waals surface area contributed by atoms with Crippen LogP contribution in [0, 0.1) is 0 Å². The van der Waals surface area contributed by atoms with Crippen molar-refractivity contribution in [3.63, 3.8) is 0 Å². The van der Waals surface area contributed by atoms with Gasteiger partial charge >= 0.3 is 0 Å². The van der Waals surface area contributed by atoms with Crippen molar-refractivity contribution >= 4 is 15.9 Å². The second-order valence-electron chi connectivity index (χ2n) is 1.81. The van der Waals surface area contributed by atoms with Crippen molar-refractivity contribution in [1.82, 2.24) is 0 Å². The van der Waals surface area contributed by atoms with Gasteiger partial charge in [0.25, 0.3) is 0 Å². The molecule has 1 aromatic rings. The number of hydrogen-bond donors (Lipinski definition) is 0. The van der Waals surface area contributed by atoms with Crippen molar-refractivity contribution in [2.75, 3.05) is 0 Å². The lowest BCUT2D eigenvalue weighted by molar-refractivity contribution is 1.13. The predicted octanol–water partition coefficient (Wildman–Crippen LogP) is 3.33. The molecule has 0 saturated heterocycles. The molecule has 52 valence electrons. The first kappa shape index (κ1) is 1.89. The third kappa shape index (κ3) is 1.24. The second-order valence-corrected chi connectivity index (χ2v) is 2.61. The van der Waals surface area contributed by atoms with Crippen LogP contribution in [-0.4, -0.2) is 0 Å². The molecule has 0 aliphatic heterocycles. The minimum Gasteiger partial charge on any atom is -0.0576 e. The van der Waals surface area contributed by atoms with E-state index in [0.717, 1.165) is 0 Å². The molecule has 1 aliphatic carbocycles. The summed E-state index contributed by atoms with van der Waals surface area (Å²) >= 11 is 2.90. The molecular weight excluding hydrogens is 188 g/mol. The normalized spacial score (nSPS) is 43.5. The van der Waals surface area contributed by atoms with Crippen LogP contribution in [0.2, 0.25) is 0 Å². The Labute approximate surface area is 82.0 Å². The fourth-order valence-electron chi connectivity index (χ4n) is 0.578. The van der Waals surface area contributed by atoms with Crippen LogP contribution in [0.4, 0.5) is 0 Å². The van der Waals surface area contributed by atoms with E-state index in [1.54, 1.807) is 0 Å². The van der Waals surface area contributed by atoms with Crippen molar-refractivity contribution in [3.8, 4) is 0 Å². The molecule has 1 aliphatic rings. The van der Waals surface area contributed by atoms with Gasteiger partial charge in [-0.1, -0.05) is 28.0 Å². The van der Waals surface area contributed by atoms with Crippen LogP contribution in [0.1, 0.15) is 36.5 Å². The third-order valence-electron chi connectivity index (χ3n) is 1.09. The summed E-state index contributed by atoms with van der Waals surface area (Å²) in [7, 11) is 0. The Morgan fingerprint density at radius 1 is 1.50 bits per heavy atom. The van der Waals surface area contributed by atoms with E-state index in [9.17, 15) is 0 Å². The standard InChI is InChI=1S/C9H9Br/c10-9-5-3-8(4-6-9)7-1-2-7/h3-7H,1-2H2/i1D2,2D2,3D,4D,5D,6D,7D. The molecule has 0 heterocycles. The molecular formula is C9H9Br. The third-order valence-corrected chi connectivity index (χ3v) is 1.49. The zero-order valence-corrected chi connectivity index (χ0v) is 6.46. The summed E-state index contributed by atoms with van der Waals surface area (Å²) in [5.41, 5.74) is -0.541. The lowest BCUT2D eigenvalue weighted by Crippen LogP contribution is -1.75. The van der Waals surface area contributed by atoms with Crippen LogP contribution >= 0.6 is 15.9 Å². The molecule has 1 saturated carbocycles. The fraction of sp³-hybridized carbons (Fsp3) is 0.333. The van der Waals surface area contributed by atoms with Crippen LogP contribution < -0.4 is 0 Å². The SMILES string of the molecule is [2H]c1c([2H])c(C2([2H])C([2H])([2H])C2([2H])[2H])c([2H])c([2H])c1Br. The molecule has 10 heavy (non-hydrogen) atoms. The van der Waals surface area contributed by atoms with E-state index in [-0.39, 0.29) is 4.47 Å². The summed E-state index contributed by atoms with van der Waals surface area (Å²) in [6, 6.07) is -2.07. The predicted molar refractivity (Wildman–Crippen MR) is 46.1 cm³/mol. The van der Waals surface area contributed by atoms with Gasteiger partial charge in [-0.3, -0.25) is 0 Å². The maximum absolute atomic E-state index is 7.96. The van der Waals surface area contributed by atoms with Crippen LogP contribution in [-0.2, 0) is 0 Å². The molecule has 0 N–H and O–H groups in total. The number of hydrogen-bond acceptors (Lipinski definition) is 0. The maximum atomic E-state index is 7.96. The average molecular weight is 206 g/mol. The zero-order valence-electron chi connectivity index (χ0n) is 13.9. The van der Waals surface area contributed by atoms with Gasteiger partial charge in [-0.05, 0) is 36.3 Å². The van der Waals surface area contributed by atoms with Crippen molar-refractivity contribution in [1.29, 1.82) is 0 Å². The highest BCUT2D eigenvalue weighted by molar-refractivity contribution is 9.10. The first-order valence-corrected chi connectivity index (χ1v) is 3.48. The Bertz CT molecular complexity index is 537. The molecule has 0 aromatic heterocycles. The Balaban J connectivity index is 2.81. The molecule has 1 aromatic carbocycles. The smallest absolute Gasteiger partial charge is 0.0576 e. The van der Waals surface area contributed by atoms with E-state index >= 15 is 0 Å². The molecule has 0 radical (unpaired) electrons. The summed E-state index contributed by atoms with van der Waals surface area (Å²) in [6.07, 6.45) is -5.11. The van der Waals surface area contributed by atoms with Crippen molar-refractivity contribution in [3.05, 3.63) is 34.2 Å². The van der Waals surface area contributed by atoms with E-state index in [1.807, 2.05) is 0 Å². The van der Waals surface area contributed by atoms with E-state index in [2.05, 4.69) is 15.9 Å². The van der Waals surface area contributed by atoms with E-state index < -0.39 is 48.4 Å². The van der Waals surface area contributed by atoms with Gasteiger partial charge in [0.2, 0.25) is 0 Å². The van der Waals surface area contributed by atoms with Gasteiger partial charge in [0, 0.05) is 11.3 Å². The average Bonchev–Trinajstić information content (AvgIpc) is 2.62. The first-order valence-electron chi connectivity index (χ1n) is 7.19. The summed E-state index contributed by atoms with van der Waals surface area (Å²) < 4.78 is 68.8.